The molecule has 0 fully saturated rings. The zero-order valence-electron chi connectivity index (χ0n) is 11.5. The van der Waals surface area contributed by atoms with E-state index >= 15 is 0 Å². The molecular weight excluding hydrogens is 387 g/mol. The number of benzene rings is 2. The third-order valence-electron chi connectivity index (χ3n) is 3.69. The fourth-order valence-electron chi connectivity index (χ4n) is 2.63. The number of hydrogen-bond donors (Lipinski definition) is 1. The van der Waals surface area contributed by atoms with Gasteiger partial charge in [0.05, 0.1) is 14.8 Å². The Kier molecular flexibility index (Phi) is 3.18. The lowest BCUT2D eigenvalue weighted by Gasteiger charge is -2.10. The zero-order valence-corrected chi connectivity index (χ0v) is 13.7. The number of fused-ring (bicyclic) bond motifs is 2. The Labute approximate surface area is 140 Å². The van der Waals surface area contributed by atoms with Gasteiger partial charge in [0.1, 0.15) is 5.52 Å². The molecule has 0 bridgehead atoms. The van der Waals surface area contributed by atoms with Crippen LogP contribution in [0.2, 0.25) is 0 Å². The Bertz CT molecular complexity index is 1010. The number of phenolic OH excluding ortho intramolecular Hbond substituents is 1. The Hall–Kier alpha value is -2.21. The number of nitrogens with zero attached hydrogens (tertiary/aromatic N) is 2. The van der Waals surface area contributed by atoms with E-state index in [0.717, 1.165) is 31.1 Å². The number of aromatic nitrogens is 2. The van der Waals surface area contributed by atoms with Crippen molar-refractivity contribution in [1.29, 1.82) is 0 Å². The molecule has 0 unspecified atom stereocenters. The zero-order chi connectivity index (χ0) is 15.1. The van der Waals surface area contributed by atoms with Gasteiger partial charge < -0.3 is 5.11 Å². The van der Waals surface area contributed by atoms with Gasteiger partial charge in [-0.1, -0.05) is 30.3 Å². The van der Waals surface area contributed by atoms with Crippen LogP contribution in [0.5, 0.6) is 5.75 Å². The summed E-state index contributed by atoms with van der Waals surface area (Å²) in [5.74, 6) is 0.223. The van der Waals surface area contributed by atoms with Gasteiger partial charge in [0.2, 0.25) is 0 Å². The van der Waals surface area contributed by atoms with Gasteiger partial charge in [0, 0.05) is 22.5 Å². The lowest BCUT2D eigenvalue weighted by atomic mass is 10.0. The van der Waals surface area contributed by atoms with Crippen molar-refractivity contribution >= 4 is 44.4 Å². The fourth-order valence-corrected chi connectivity index (χ4v) is 3.19. The van der Waals surface area contributed by atoms with Crippen LogP contribution in [0.15, 0.2) is 60.8 Å². The van der Waals surface area contributed by atoms with Gasteiger partial charge in [-0.05, 0) is 46.9 Å². The van der Waals surface area contributed by atoms with Crippen molar-refractivity contribution < 1.29 is 5.11 Å². The first-order valence-corrected chi connectivity index (χ1v) is 7.94. The van der Waals surface area contributed by atoms with Gasteiger partial charge in [-0.2, -0.15) is 0 Å². The van der Waals surface area contributed by atoms with Crippen LogP contribution in [0.3, 0.4) is 0 Å². The summed E-state index contributed by atoms with van der Waals surface area (Å²) in [4.78, 5) is 9.06. The second-order valence-electron chi connectivity index (χ2n) is 5.04. The van der Waals surface area contributed by atoms with Crippen LogP contribution >= 0.6 is 22.6 Å². The molecule has 0 spiro atoms. The highest BCUT2D eigenvalue weighted by Crippen LogP contribution is 2.36. The van der Waals surface area contributed by atoms with E-state index in [1.807, 2.05) is 48.5 Å². The first-order chi connectivity index (χ1) is 10.7. The molecule has 0 atom stereocenters. The summed E-state index contributed by atoms with van der Waals surface area (Å²) in [5, 5.41) is 12.2. The lowest BCUT2D eigenvalue weighted by Crippen LogP contribution is -1.90. The number of halogens is 1. The third kappa shape index (κ3) is 2.11. The van der Waals surface area contributed by atoms with Crippen LogP contribution in [-0.4, -0.2) is 15.1 Å². The van der Waals surface area contributed by atoms with Crippen molar-refractivity contribution in [3.63, 3.8) is 0 Å². The topological polar surface area (TPSA) is 46.0 Å². The molecule has 0 radical (unpaired) electrons. The summed E-state index contributed by atoms with van der Waals surface area (Å²) in [6, 6.07) is 17.9. The molecule has 0 amide bonds. The minimum Gasteiger partial charge on any atom is -0.505 e. The van der Waals surface area contributed by atoms with Crippen molar-refractivity contribution in [2.75, 3.05) is 0 Å². The van der Waals surface area contributed by atoms with E-state index < -0.39 is 0 Å². The van der Waals surface area contributed by atoms with E-state index in [4.69, 9.17) is 4.98 Å². The van der Waals surface area contributed by atoms with E-state index in [0.29, 0.717) is 5.52 Å². The number of rotatable bonds is 1. The summed E-state index contributed by atoms with van der Waals surface area (Å²) in [7, 11) is 0. The molecule has 0 aliphatic heterocycles. The molecule has 0 aliphatic carbocycles. The maximum atomic E-state index is 10.2. The number of pyridine rings is 2. The Morgan fingerprint density at radius 2 is 1.82 bits per heavy atom. The Morgan fingerprint density at radius 3 is 2.73 bits per heavy atom. The summed E-state index contributed by atoms with van der Waals surface area (Å²) < 4.78 is 0.772. The van der Waals surface area contributed by atoms with Gasteiger partial charge in [0.25, 0.3) is 0 Å². The van der Waals surface area contributed by atoms with Crippen LogP contribution in [-0.2, 0) is 0 Å². The summed E-state index contributed by atoms with van der Waals surface area (Å²) in [5.41, 5.74) is 3.44. The van der Waals surface area contributed by atoms with Crippen molar-refractivity contribution in [2.45, 2.75) is 0 Å². The predicted molar refractivity (Wildman–Crippen MR) is 96.9 cm³/mol. The molecule has 0 saturated carbocycles. The standard InChI is InChI=1S/C18H11IN2O/c19-14-10-13(12-5-3-9-20-17(12)18(14)22)16-8-7-11-4-1-2-6-15(11)21-16/h1-10,22H. The quantitative estimate of drug-likeness (QED) is 0.471. The number of aromatic hydroxyl groups is 1. The van der Waals surface area contributed by atoms with Gasteiger partial charge in [-0.15, -0.1) is 0 Å². The molecule has 3 nitrogen and oxygen atoms in total. The van der Waals surface area contributed by atoms with Crippen molar-refractivity contribution in [3.8, 4) is 17.0 Å². The first kappa shape index (κ1) is 13.5. The maximum absolute atomic E-state index is 10.2. The van der Waals surface area contributed by atoms with Gasteiger partial charge >= 0.3 is 0 Å². The molecule has 4 heteroatoms. The molecule has 0 aliphatic rings. The van der Waals surface area contributed by atoms with E-state index in [-0.39, 0.29) is 5.75 Å². The molecule has 2 aromatic heterocycles. The average molecular weight is 398 g/mol. The highest BCUT2D eigenvalue weighted by molar-refractivity contribution is 14.1. The van der Waals surface area contributed by atoms with Crippen LogP contribution in [0.1, 0.15) is 0 Å². The van der Waals surface area contributed by atoms with E-state index in [9.17, 15) is 5.11 Å². The largest absolute Gasteiger partial charge is 0.505 e. The van der Waals surface area contributed by atoms with Crippen molar-refractivity contribution in [3.05, 3.63) is 64.4 Å². The summed E-state index contributed by atoms with van der Waals surface area (Å²) >= 11 is 2.13. The first-order valence-electron chi connectivity index (χ1n) is 6.86. The molecular formula is C18H11IN2O. The van der Waals surface area contributed by atoms with Gasteiger partial charge in [-0.3, -0.25) is 4.98 Å². The minimum atomic E-state index is 0.223. The molecule has 4 rings (SSSR count). The van der Waals surface area contributed by atoms with Crippen LogP contribution in [0, 0.1) is 3.57 Å². The van der Waals surface area contributed by atoms with Crippen LogP contribution in [0.25, 0.3) is 33.1 Å². The lowest BCUT2D eigenvalue weighted by molar-refractivity contribution is 0.476. The van der Waals surface area contributed by atoms with Crippen LogP contribution in [0.4, 0.5) is 0 Å². The Balaban J connectivity index is 2.05. The highest BCUT2D eigenvalue weighted by atomic mass is 127. The monoisotopic (exact) mass is 398 g/mol. The van der Waals surface area contributed by atoms with E-state index in [1.54, 1.807) is 6.20 Å². The average Bonchev–Trinajstić information content (AvgIpc) is 2.58. The van der Waals surface area contributed by atoms with Crippen LogP contribution < -0.4 is 0 Å². The molecule has 2 heterocycles. The molecule has 106 valence electrons. The predicted octanol–water partition coefficient (Wildman–Crippen LogP) is 4.76. The normalized spacial score (nSPS) is 11.1. The third-order valence-corrected chi connectivity index (χ3v) is 4.52. The Morgan fingerprint density at radius 1 is 0.955 bits per heavy atom. The second-order valence-corrected chi connectivity index (χ2v) is 6.21. The van der Waals surface area contributed by atoms with Crippen molar-refractivity contribution in [2.24, 2.45) is 0 Å². The second kappa shape index (κ2) is 5.21. The highest BCUT2D eigenvalue weighted by Gasteiger charge is 2.13. The molecule has 4 aromatic rings. The number of para-hydroxylation sites is 1. The van der Waals surface area contributed by atoms with Gasteiger partial charge in [-0.25, -0.2) is 4.98 Å². The number of phenols is 1. The molecule has 2 aromatic carbocycles. The molecule has 1 N–H and O–H groups in total. The smallest absolute Gasteiger partial charge is 0.155 e. The fraction of sp³-hybridized carbons (Fsp3) is 0. The van der Waals surface area contributed by atoms with E-state index in [2.05, 4.69) is 33.6 Å². The summed E-state index contributed by atoms with van der Waals surface area (Å²) in [6.07, 6.45) is 1.69. The number of hydrogen-bond acceptors (Lipinski definition) is 3. The minimum absolute atomic E-state index is 0.223. The molecule has 22 heavy (non-hydrogen) atoms. The molecule has 0 saturated heterocycles. The van der Waals surface area contributed by atoms with Gasteiger partial charge in [0.15, 0.2) is 5.75 Å². The van der Waals surface area contributed by atoms with Crippen molar-refractivity contribution in [1.82, 2.24) is 9.97 Å². The maximum Gasteiger partial charge on any atom is 0.155 e. The van der Waals surface area contributed by atoms with E-state index in [1.165, 1.54) is 0 Å². The SMILES string of the molecule is Oc1c(I)cc(-c2ccc3ccccc3n2)c2cccnc12. The summed E-state index contributed by atoms with van der Waals surface area (Å²) in [6.45, 7) is 0.